The second kappa shape index (κ2) is 7.97. The zero-order valence-corrected chi connectivity index (χ0v) is 13.4. The fraction of sp³-hybridized carbons (Fsp3) is 0.562. The molecular weight excluding hydrogens is 300 g/mol. The predicted octanol–water partition coefficient (Wildman–Crippen LogP) is 1.59. The molecule has 1 amide bonds. The second-order valence-corrected chi connectivity index (χ2v) is 6.69. The first-order chi connectivity index (χ1) is 10.8. The van der Waals surface area contributed by atoms with E-state index in [1.807, 2.05) is 30.0 Å². The van der Waals surface area contributed by atoms with Gasteiger partial charge in [-0.3, -0.25) is 9.69 Å². The fourth-order valence-corrected chi connectivity index (χ4v) is 3.61. The molecule has 1 atom stereocenters. The van der Waals surface area contributed by atoms with Gasteiger partial charge in [0.2, 0.25) is 0 Å². The van der Waals surface area contributed by atoms with E-state index in [2.05, 4.69) is 16.3 Å². The number of hydrogen-bond donors (Lipinski definition) is 1. The highest BCUT2D eigenvalue weighted by Gasteiger charge is 2.23. The van der Waals surface area contributed by atoms with Crippen LogP contribution in [0.4, 0.5) is 5.69 Å². The fourth-order valence-electron chi connectivity index (χ4n) is 2.63. The van der Waals surface area contributed by atoms with Crippen LogP contribution in [0.25, 0.3) is 0 Å². The number of carbonyl (C=O) groups excluding carboxylic acids is 1. The van der Waals surface area contributed by atoms with Crippen LogP contribution in [0.3, 0.4) is 0 Å². The molecular formula is C16H22N2O3S. The number of anilines is 1. The van der Waals surface area contributed by atoms with E-state index < -0.39 is 6.10 Å². The first kappa shape index (κ1) is 15.8. The Kier molecular flexibility index (Phi) is 5.72. The van der Waals surface area contributed by atoms with E-state index in [4.69, 9.17) is 9.47 Å². The van der Waals surface area contributed by atoms with Gasteiger partial charge in [-0.1, -0.05) is 18.2 Å². The van der Waals surface area contributed by atoms with Crippen molar-refractivity contribution in [3.8, 4) is 0 Å². The second-order valence-electron chi connectivity index (χ2n) is 5.47. The van der Waals surface area contributed by atoms with Crippen molar-refractivity contribution < 1.29 is 14.3 Å². The molecule has 0 radical (unpaired) electrons. The van der Waals surface area contributed by atoms with Gasteiger partial charge in [-0.15, -0.1) is 0 Å². The van der Waals surface area contributed by atoms with Crippen LogP contribution in [0, 0.1) is 0 Å². The van der Waals surface area contributed by atoms with Gasteiger partial charge in [-0.25, -0.2) is 0 Å². The summed E-state index contributed by atoms with van der Waals surface area (Å²) in [5.41, 5.74) is 2.03. The van der Waals surface area contributed by atoms with Crippen molar-refractivity contribution in [1.29, 1.82) is 0 Å². The topological polar surface area (TPSA) is 50.8 Å². The maximum Gasteiger partial charge on any atom is 0.255 e. The van der Waals surface area contributed by atoms with E-state index in [-0.39, 0.29) is 5.91 Å². The monoisotopic (exact) mass is 322 g/mol. The predicted molar refractivity (Wildman–Crippen MR) is 88.2 cm³/mol. The van der Waals surface area contributed by atoms with Crippen molar-refractivity contribution in [3.63, 3.8) is 0 Å². The minimum atomic E-state index is -0.506. The van der Waals surface area contributed by atoms with Crippen LogP contribution >= 0.6 is 11.8 Å². The number of amides is 1. The molecule has 6 heteroatoms. The Balaban J connectivity index is 1.63. The van der Waals surface area contributed by atoms with Crippen LogP contribution in [0.1, 0.15) is 5.56 Å². The van der Waals surface area contributed by atoms with Crippen LogP contribution in [0.2, 0.25) is 0 Å². The summed E-state index contributed by atoms with van der Waals surface area (Å²) in [6, 6.07) is 8.00. The lowest BCUT2D eigenvalue weighted by atomic mass is 10.1. The molecule has 2 fully saturated rings. The van der Waals surface area contributed by atoms with Crippen molar-refractivity contribution in [2.75, 3.05) is 49.7 Å². The SMILES string of the molecule is O=C(Nc1ccccc1CN1CCSCC1)[C@H]1COCCO1. The van der Waals surface area contributed by atoms with Crippen LogP contribution in [-0.2, 0) is 20.8 Å². The number of carbonyl (C=O) groups is 1. The number of nitrogens with one attached hydrogen (secondary N) is 1. The molecule has 0 aromatic heterocycles. The maximum atomic E-state index is 12.3. The average molecular weight is 322 g/mol. The number of thioether (sulfide) groups is 1. The van der Waals surface area contributed by atoms with Crippen molar-refractivity contribution in [1.82, 2.24) is 4.90 Å². The summed E-state index contributed by atoms with van der Waals surface area (Å²) >= 11 is 2.00. The van der Waals surface area contributed by atoms with Gasteiger partial charge in [0.25, 0.3) is 5.91 Å². The van der Waals surface area contributed by atoms with Gasteiger partial charge in [0, 0.05) is 36.8 Å². The summed E-state index contributed by atoms with van der Waals surface area (Å²) in [6.07, 6.45) is -0.506. The zero-order valence-electron chi connectivity index (χ0n) is 12.6. The van der Waals surface area contributed by atoms with Crippen molar-refractivity contribution >= 4 is 23.4 Å². The minimum absolute atomic E-state index is 0.124. The summed E-state index contributed by atoms with van der Waals surface area (Å²) in [5, 5.41) is 2.99. The molecule has 2 aliphatic rings. The summed E-state index contributed by atoms with van der Waals surface area (Å²) < 4.78 is 10.7. The molecule has 22 heavy (non-hydrogen) atoms. The Bertz CT molecular complexity index is 500. The normalized spacial score (nSPS) is 23.2. The molecule has 2 aliphatic heterocycles. The summed E-state index contributed by atoms with van der Waals surface area (Å²) in [4.78, 5) is 14.7. The molecule has 0 aliphatic carbocycles. The summed E-state index contributed by atoms with van der Waals surface area (Å²) in [5.74, 6) is 2.24. The van der Waals surface area contributed by atoms with Gasteiger partial charge in [-0.2, -0.15) is 11.8 Å². The van der Waals surface area contributed by atoms with Gasteiger partial charge in [0.15, 0.2) is 6.10 Å². The quantitative estimate of drug-likeness (QED) is 0.912. The lowest BCUT2D eigenvalue weighted by molar-refractivity contribution is -0.142. The zero-order chi connectivity index (χ0) is 15.2. The number of benzene rings is 1. The molecule has 0 spiro atoms. The van der Waals surface area contributed by atoms with Crippen LogP contribution < -0.4 is 5.32 Å². The van der Waals surface area contributed by atoms with Gasteiger partial charge < -0.3 is 14.8 Å². The van der Waals surface area contributed by atoms with Crippen LogP contribution in [0.15, 0.2) is 24.3 Å². The Hall–Kier alpha value is -1.08. The van der Waals surface area contributed by atoms with E-state index in [1.54, 1.807) is 0 Å². The molecule has 0 unspecified atom stereocenters. The molecule has 120 valence electrons. The van der Waals surface area contributed by atoms with E-state index >= 15 is 0 Å². The molecule has 3 rings (SSSR count). The van der Waals surface area contributed by atoms with Crippen LogP contribution in [-0.4, -0.2) is 61.3 Å². The molecule has 0 bridgehead atoms. The van der Waals surface area contributed by atoms with Crippen LogP contribution in [0.5, 0.6) is 0 Å². The molecule has 5 nitrogen and oxygen atoms in total. The largest absolute Gasteiger partial charge is 0.376 e. The van der Waals surface area contributed by atoms with E-state index in [9.17, 15) is 4.79 Å². The number of hydrogen-bond acceptors (Lipinski definition) is 5. The first-order valence-electron chi connectivity index (χ1n) is 7.71. The van der Waals surface area contributed by atoms with E-state index in [0.717, 1.165) is 30.9 Å². The third-order valence-corrected chi connectivity index (χ3v) is 4.82. The van der Waals surface area contributed by atoms with Gasteiger partial charge in [-0.05, 0) is 11.6 Å². The van der Waals surface area contributed by atoms with Crippen molar-refractivity contribution in [2.24, 2.45) is 0 Å². The van der Waals surface area contributed by atoms with Gasteiger partial charge in [0.05, 0.1) is 19.8 Å². The van der Waals surface area contributed by atoms with Gasteiger partial charge >= 0.3 is 0 Å². The summed E-state index contributed by atoms with van der Waals surface area (Å²) in [6.45, 7) is 4.45. The van der Waals surface area contributed by atoms with Crippen molar-refractivity contribution in [2.45, 2.75) is 12.6 Å². The Labute approximate surface area is 135 Å². The number of ether oxygens (including phenoxy) is 2. The highest BCUT2D eigenvalue weighted by atomic mass is 32.2. The van der Waals surface area contributed by atoms with E-state index in [0.29, 0.717) is 19.8 Å². The third-order valence-electron chi connectivity index (χ3n) is 3.88. The summed E-state index contributed by atoms with van der Waals surface area (Å²) in [7, 11) is 0. The number of nitrogens with zero attached hydrogens (tertiary/aromatic N) is 1. The molecule has 1 aromatic rings. The Morgan fingerprint density at radius 2 is 2.09 bits per heavy atom. The lowest BCUT2D eigenvalue weighted by Gasteiger charge is -2.27. The molecule has 0 saturated carbocycles. The Morgan fingerprint density at radius 1 is 1.27 bits per heavy atom. The maximum absolute atomic E-state index is 12.3. The lowest BCUT2D eigenvalue weighted by Crippen LogP contribution is -2.39. The molecule has 1 aromatic carbocycles. The molecule has 1 N–H and O–H groups in total. The minimum Gasteiger partial charge on any atom is -0.376 e. The smallest absolute Gasteiger partial charge is 0.255 e. The molecule has 2 saturated heterocycles. The standard InChI is InChI=1S/C16H22N2O3S/c19-16(15-12-20-7-8-21-15)17-14-4-2-1-3-13(14)11-18-5-9-22-10-6-18/h1-4,15H,5-12H2,(H,17,19)/t15-/m1/s1. The highest BCUT2D eigenvalue weighted by Crippen LogP contribution is 2.20. The Morgan fingerprint density at radius 3 is 2.86 bits per heavy atom. The highest BCUT2D eigenvalue weighted by molar-refractivity contribution is 7.99. The van der Waals surface area contributed by atoms with E-state index in [1.165, 1.54) is 11.5 Å². The number of rotatable bonds is 4. The third kappa shape index (κ3) is 4.23. The van der Waals surface area contributed by atoms with Crippen molar-refractivity contribution in [3.05, 3.63) is 29.8 Å². The number of para-hydroxylation sites is 1. The van der Waals surface area contributed by atoms with Gasteiger partial charge in [0.1, 0.15) is 0 Å². The first-order valence-corrected chi connectivity index (χ1v) is 8.86. The average Bonchev–Trinajstić information content (AvgIpc) is 2.58. The molecule has 2 heterocycles.